The van der Waals surface area contributed by atoms with Crippen LogP contribution in [-0.4, -0.2) is 22.6 Å². The number of benzene rings is 1. The Labute approximate surface area is 144 Å². The summed E-state index contributed by atoms with van der Waals surface area (Å²) in [5.74, 6) is -0.814. The van der Waals surface area contributed by atoms with Gasteiger partial charge in [0.05, 0.1) is 12.1 Å². The van der Waals surface area contributed by atoms with Gasteiger partial charge in [-0.15, -0.1) is 11.3 Å². The molecular weight excluding hydrogens is 326 g/mol. The number of anilines is 1. The summed E-state index contributed by atoms with van der Waals surface area (Å²) in [4.78, 5) is 39.1. The number of ketones is 1. The molecule has 1 aromatic carbocycles. The summed E-state index contributed by atoms with van der Waals surface area (Å²) in [5.41, 5.74) is 8.19. The number of thiazole rings is 1. The van der Waals surface area contributed by atoms with E-state index < -0.39 is 5.91 Å². The number of Topliss-reactive ketones (excluding diaryl/α,β-unsaturated/α-hetero) is 1. The third-order valence-corrected chi connectivity index (χ3v) is 4.23. The highest BCUT2D eigenvalue weighted by Gasteiger charge is 2.13. The van der Waals surface area contributed by atoms with Crippen LogP contribution in [0.25, 0.3) is 0 Å². The lowest BCUT2D eigenvalue weighted by Crippen LogP contribution is -2.15. The lowest BCUT2D eigenvalue weighted by Gasteiger charge is -2.06. The quantitative estimate of drug-likeness (QED) is 0.752. The Balaban J connectivity index is 1.88. The van der Waals surface area contributed by atoms with Crippen LogP contribution in [0.4, 0.5) is 5.13 Å². The zero-order valence-electron chi connectivity index (χ0n) is 13.6. The third kappa shape index (κ3) is 4.99. The number of carbonyl (C=O) groups excluding carboxylic acids is 3. The summed E-state index contributed by atoms with van der Waals surface area (Å²) in [6.07, 6.45) is 0.254. The number of nitrogens with one attached hydrogen (secondary N) is 1. The van der Waals surface area contributed by atoms with Crippen molar-refractivity contribution in [3.63, 3.8) is 0 Å². The normalized spacial score (nSPS) is 10.4. The van der Waals surface area contributed by atoms with Crippen molar-refractivity contribution in [3.05, 3.63) is 46.0 Å². The standard InChI is InChI=1S/C17H19N3O3S/c1-10-3-4-11(2)13(7-10)14(21)5-6-16(23)20-17-19-12(9-24-17)8-15(18)22/h3-4,7,9H,5-6,8H2,1-2H3,(H2,18,22)(H,19,20,23). The first-order chi connectivity index (χ1) is 11.3. The minimum Gasteiger partial charge on any atom is -0.369 e. The first-order valence-corrected chi connectivity index (χ1v) is 8.36. The highest BCUT2D eigenvalue weighted by atomic mass is 32.1. The number of rotatable bonds is 7. The number of primary amides is 1. The second kappa shape index (κ2) is 7.83. The fraction of sp³-hybridized carbons (Fsp3) is 0.294. The van der Waals surface area contributed by atoms with Crippen molar-refractivity contribution in [2.45, 2.75) is 33.1 Å². The average Bonchev–Trinajstić information content (AvgIpc) is 2.93. The van der Waals surface area contributed by atoms with Gasteiger partial charge < -0.3 is 11.1 Å². The van der Waals surface area contributed by atoms with E-state index in [1.165, 1.54) is 11.3 Å². The van der Waals surface area contributed by atoms with Crippen LogP contribution in [0.5, 0.6) is 0 Å². The monoisotopic (exact) mass is 345 g/mol. The molecule has 126 valence electrons. The smallest absolute Gasteiger partial charge is 0.226 e. The summed E-state index contributed by atoms with van der Waals surface area (Å²) in [6, 6.07) is 5.69. The molecule has 7 heteroatoms. The Kier molecular flexibility index (Phi) is 5.81. The highest BCUT2D eigenvalue weighted by molar-refractivity contribution is 7.13. The van der Waals surface area contributed by atoms with E-state index in [0.29, 0.717) is 16.4 Å². The molecule has 0 saturated heterocycles. The predicted octanol–water partition coefficient (Wildman–Crippen LogP) is 2.39. The molecule has 0 atom stereocenters. The maximum Gasteiger partial charge on any atom is 0.226 e. The van der Waals surface area contributed by atoms with E-state index >= 15 is 0 Å². The van der Waals surface area contributed by atoms with Crippen LogP contribution in [0, 0.1) is 13.8 Å². The van der Waals surface area contributed by atoms with E-state index in [9.17, 15) is 14.4 Å². The number of aryl methyl sites for hydroxylation is 2. The van der Waals surface area contributed by atoms with E-state index in [4.69, 9.17) is 5.73 Å². The molecule has 0 spiro atoms. The van der Waals surface area contributed by atoms with Gasteiger partial charge in [-0.25, -0.2) is 4.98 Å². The fourth-order valence-corrected chi connectivity index (χ4v) is 2.93. The van der Waals surface area contributed by atoms with Crippen LogP contribution in [0.1, 0.15) is 40.0 Å². The van der Waals surface area contributed by atoms with Gasteiger partial charge in [0.25, 0.3) is 0 Å². The molecule has 0 bridgehead atoms. The SMILES string of the molecule is Cc1ccc(C)c(C(=O)CCC(=O)Nc2nc(CC(N)=O)cs2)c1. The first-order valence-electron chi connectivity index (χ1n) is 7.48. The van der Waals surface area contributed by atoms with Crippen molar-refractivity contribution in [3.8, 4) is 0 Å². The molecule has 6 nitrogen and oxygen atoms in total. The van der Waals surface area contributed by atoms with Gasteiger partial charge in [-0.05, 0) is 25.5 Å². The fourth-order valence-electron chi connectivity index (χ4n) is 2.20. The molecule has 0 aliphatic heterocycles. The minimum atomic E-state index is -0.475. The molecular formula is C17H19N3O3S. The van der Waals surface area contributed by atoms with Crippen molar-refractivity contribution in [1.29, 1.82) is 0 Å². The Morgan fingerprint density at radius 2 is 1.96 bits per heavy atom. The molecule has 0 saturated carbocycles. The number of hydrogen-bond donors (Lipinski definition) is 2. The number of nitrogens with two attached hydrogens (primary N) is 1. The van der Waals surface area contributed by atoms with Gasteiger partial charge in [0.1, 0.15) is 0 Å². The number of aromatic nitrogens is 1. The molecule has 2 aromatic rings. The molecule has 0 aliphatic rings. The Morgan fingerprint density at radius 3 is 2.67 bits per heavy atom. The zero-order valence-corrected chi connectivity index (χ0v) is 14.4. The van der Waals surface area contributed by atoms with Gasteiger partial charge in [0.15, 0.2) is 10.9 Å². The molecule has 1 heterocycles. The summed E-state index contributed by atoms with van der Waals surface area (Å²) in [5, 5.41) is 4.70. The molecule has 24 heavy (non-hydrogen) atoms. The van der Waals surface area contributed by atoms with Gasteiger partial charge in [-0.3, -0.25) is 14.4 Å². The number of hydrogen-bond acceptors (Lipinski definition) is 5. The van der Waals surface area contributed by atoms with Crippen molar-refractivity contribution in [2.24, 2.45) is 5.73 Å². The number of nitrogens with zero attached hydrogens (tertiary/aromatic N) is 1. The van der Waals surface area contributed by atoms with Crippen molar-refractivity contribution in [2.75, 3.05) is 5.32 Å². The van der Waals surface area contributed by atoms with Gasteiger partial charge >= 0.3 is 0 Å². The predicted molar refractivity (Wildman–Crippen MR) is 93.1 cm³/mol. The average molecular weight is 345 g/mol. The molecule has 2 amide bonds. The van der Waals surface area contributed by atoms with Crippen molar-refractivity contribution < 1.29 is 14.4 Å². The zero-order chi connectivity index (χ0) is 17.7. The molecule has 0 aliphatic carbocycles. The van der Waals surface area contributed by atoms with E-state index in [0.717, 1.165) is 11.1 Å². The molecule has 3 N–H and O–H groups in total. The summed E-state index contributed by atoms with van der Waals surface area (Å²) < 4.78 is 0. The largest absolute Gasteiger partial charge is 0.369 e. The van der Waals surface area contributed by atoms with E-state index in [1.807, 2.05) is 32.0 Å². The Hall–Kier alpha value is -2.54. The van der Waals surface area contributed by atoms with Crippen LogP contribution in [0.2, 0.25) is 0 Å². The molecule has 2 rings (SSSR count). The summed E-state index contributed by atoms with van der Waals surface area (Å²) in [7, 11) is 0. The first kappa shape index (κ1) is 17.8. The van der Waals surface area contributed by atoms with Gasteiger partial charge in [-0.1, -0.05) is 17.7 Å². The summed E-state index contributed by atoms with van der Waals surface area (Å²) >= 11 is 1.22. The van der Waals surface area contributed by atoms with Gasteiger partial charge in [0.2, 0.25) is 11.8 Å². The number of carbonyl (C=O) groups is 3. The van der Waals surface area contributed by atoms with Crippen LogP contribution in [0.15, 0.2) is 23.6 Å². The van der Waals surface area contributed by atoms with Crippen LogP contribution in [0.3, 0.4) is 0 Å². The second-order valence-corrected chi connectivity index (χ2v) is 6.43. The Bertz CT molecular complexity index is 783. The molecule has 1 aromatic heterocycles. The minimum absolute atomic E-state index is 0.0392. The lowest BCUT2D eigenvalue weighted by atomic mass is 9.99. The molecule has 0 unspecified atom stereocenters. The van der Waals surface area contributed by atoms with E-state index in [1.54, 1.807) is 5.38 Å². The number of amides is 2. The van der Waals surface area contributed by atoms with E-state index in [-0.39, 0.29) is 31.0 Å². The van der Waals surface area contributed by atoms with Gasteiger partial charge in [0, 0.05) is 23.8 Å². The lowest BCUT2D eigenvalue weighted by molar-refractivity contribution is -0.117. The van der Waals surface area contributed by atoms with E-state index in [2.05, 4.69) is 10.3 Å². The van der Waals surface area contributed by atoms with Crippen molar-refractivity contribution in [1.82, 2.24) is 4.98 Å². The maximum atomic E-state index is 12.3. The van der Waals surface area contributed by atoms with Crippen LogP contribution < -0.4 is 11.1 Å². The topological polar surface area (TPSA) is 102 Å². The van der Waals surface area contributed by atoms with Crippen molar-refractivity contribution >= 4 is 34.1 Å². The third-order valence-electron chi connectivity index (χ3n) is 3.43. The van der Waals surface area contributed by atoms with Crippen LogP contribution in [-0.2, 0) is 16.0 Å². The molecule has 0 fully saturated rings. The summed E-state index contributed by atoms with van der Waals surface area (Å²) in [6.45, 7) is 3.80. The maximum absolute atomic E-state index is 12.3. The van der Waals surface area contributed by atoms with Crippen LogP contribution >= 0.6 is 11.3 Å². The highest BCUT2D eigenvalue weighted by Crippen LogP contribution is 2.17. The molecule has 0 radical (unpaired) electrons. The van der Waals surface area contributed by atoms with Gasteiger partial charge in [-0.2, -0.15) is 0 Å². The second-order valence-electron chi connectivity index (χ2n) is 5.58. The Morgan fingerprint density at radius 1 is 1.21 bits per heavy atom.